The Kier molecular flexibility index (Phi) is 7.00. The van der Waals surface area contributed by atoms with Gasteiger partial charge in [-0.3, -0.25) is 0 Å². The van der Waals surface area contributed by atoms with Crippen molar-refractivity contribution in [1.82, 2.24) is 0 Å². The average Bonchev–Trinajstić information content (AvgIpc) is 3.95. The topological polar surface area (TPSA) is 16.4 Å². The lowest BCUT2D eigenvalue weighted by Gasteiger charge is -2.26. The van der Waals surface area contributed by atoms with E-state index < -0.39 is 0 Å². The third-order valence-corrected chi connectivity index (χ3v) is 13.5. The Hall–Kier alpha value is -6.72. The first-order valence-electron chi connectivity index (χ1n) is 18.9. The fourth-order valence-corrected chi connectivity index (χ4v) is 10.7. The van der Waals surface area contributed by atoms with Gasteiger partial charge >= 0.3 is 0 Å². The fraction of sp³-hybridized carbons (Fsp3) is 0. The van der Waals surface area contributed by atoms with Crippen LogP contribution >= 0.6 is 22.7 Å². The molecule has 56 heavy (non-hydrogen) atoms. The molecule has 0 aliphatic carbocycles. The molecule has 4 heteroatoms. The molecular formula is C52H31NOS2. The van der Waals surface area contributed by atoms with Crippen molar-refractivity contribution in [3.8, 4) is 22.5 Å². The van der Waals surface area contributed by atoms with Gasteiger partial charge in [-0.15, -0.1) is 22.7 Å². The molecular weight excluding hydrogens is 719 g/mol. The van der Waals surface area contributed by atoms with Gasteiger partial charge in [0.05, 0.1) is 0 Å². The van der Waals surface area contributed by atoms with E-state index in [4.69, 9.17) is 4.42 Å². The molecule has 12 rings (SSSR count). The molecule has 3 aromatic heterocycles. The lowest BCUT2D eigenvalue weighted by atomic mass is 10.0. The quantitative estimate of drug-likeness (QED) is 0.174. The summed E-state index contributed by atoms with van der Waals surface area (Å²) in [7, 11) is 0. The summed E-state index contributed by atoms with van der Waals surface area (Å²) in [6.07, 6.45) is 0. The van der Waals surface area contributed by atoms with E-state index >= 15 is 0 Å². The van der Waals surface area contributed by atoms with E-state index in [1.807, 2.05) is 40.9 Å². The van der Waals surface area contributed by atoms with Gasteiger partial charge in [0.25, 0.3) is 0 Å². The number of benzene rings is 9. The van der Waals surface area contributed by atoms with Crippen molar-refractivity contribution in [3.05, 3.63) is 188 Å². The Balaban J connectivity index is 0.963. The van der Waals surface area contributed by atoms with E-state index in [9.17, 15) is 0 Å². The molecule has 0 aliphatic heterocycles. The van der Waals surface area contributed by atoms with Crippen LogP contribution in [0.3, 0.4) is 0 Å². The second-order valence-electron chi connectivity index (χ2n) is 14.6. The Bertz CT molecular complexity index is 3290. The van der Waals surface area contributed by atoms with E-state index in [2.05, 4.69) is 175 Å². The Morgan fingerprint density at radius 2 is 0.821 bits per heavy atom. The molecule has 12 aromatic rings. The Labute approximate surface area is 330 Å². The third-order valence-electron chi connectivity index (χ3n) is 11.2. The SMILES string of the molecule is c1ccc2oc(-c3ccc(-c4ccc(N(c5ccc6cc7c(cc6c5)sc5ccccc57)c5ccc6cc7c(cc6c5)sc5ccccc57)cc4)cc3)cc2c1. The fourth-order valence-electron chi connectivity index (χ4n) is 8.39. The normalized spacial score (nSPS) is 11.9. The molecule has 0 bridgehead atoms. The molecule has 262 valence electrons. The zero-order chi connectivity index (χ0) is 36.7. The first-order chi connectivity index (χ1) is 27.7. The molecule has 0 N–H and O–H groups in total. The maximum Gasteiger partial charge on any atom is 0.135 e. The number of thiophene rings is 2. The van der Waals surface area contributed by atoms with Crippen LogP contribution in [0.15, 0.2) is 192 Å². The summed E-state index contributed by atoms with van der Waals surface area (Å²) in [6.45, 7) is 0. The smallest absolute Gasteiger partial charge is 0.135 e. The van der Waals surface area contributed by atoms with Crippen molar-refractivity contribution >= 4 is 113 Å². The van der Waals surface area contributed by atoms with Crippen LogP contribution in [0.5, 0.6) is 0 Å². The van der Waals surface area contributed by atoms with Crippen molar-refractivity contribution in [2.75, 3.05) is 4.90 Å². The first-order valence-corrected chi connectivity index (χ1v) is 20.5. The highest BCUT2D eigenvalue weighted by atomic mass is 32.1. The van der Waals surface area contributed by atoms with E-state index in [1.165, 1.54) is 73.0 Å². The Morgan fingerprint density at radius 1 is 0.321 bits per heavy atom. The second-order valence-corrected chi connectivity index (χ2v) is 16.7. The van der Waals surface area contributed by atoms with Crippen molar-refractivity contribution in [3.63, 3.8) is 0 Å². The van der Waals surface area contributed by atoms with Crippen molar-refractivity contribution in [2.24, 2.45) is 0 Å². The van der Waals surface area contributed by atoms with Crippen LogP contribution in [0.25, 0.3) is 95.3 Å². The maximum absolute atomic E-state index is 6.14. The predicted octanol–water partition coefficient (Wildman–Crippen LogP) is 16.3. The van der Waals surface area contributed by atoms with Gasteiger partial charge in [0.15, 0.2) is 0 Å². The summed E-state index contributed by atoms with van der Waals surface area (Å²) in [5, 5.41) is 11.4. The lowest BCUT2D eigenvalue weighted by Crippen LogP contribution is -2.09. The molecule has 2 nitrogen and oxygen atoms in total. The predicted molar refractivity (Wildman–Crippen MR) is 243 cm³/mol. The summed E-state index contributed by atoms with van der Waals surface area (Å²) in [6, 6.07) is 68.6. The molecule has 9 aromatic carbocycles. The number of fused-ring (bicyclic) bond motifs is 9. The Morgan fingerprint density at radius 3 is 1.41 bits per heavy atom. The summed E-state index contributed by atoms with van der Waals surface area (Å²) >= 11 is 3.74. The molecule has 0 saturated heterocycles. The van der Waals surface area contributed by atoms with Gasteiger partial charge in [-0.25, -0.2) is 0 Å². The van der Waals surface area contributed by atoms with E-state index in [0.29, 0.717) is 0 Å². The number of hydrogen-bond donors (Lipinski definition) is 0. The molecule has 0 atom stereocenters. The number of hydrogen-bond acceptors (Lipinski definition) is 4. The summed E-state index contributed by atoms with van der Waals surface area (Å²) in [4.78, 5) is 2.40. The van der Waals surface area contributed by atoms with Crippen molar-refractivity contribution in [1.29, 1.82) is 0 Å². The van der Waals surface area contributed by atoms with Crippen LogP contribution in [0.2, 0.25) is 0 Å². The minimum Gasteiger partial charge on any atom is -0.456 e. The zero-order valence-electron chi connectivity index (χ0n) is 30.1. The van der Waals surface area contributed by atoms with Gasteiger partial charge in [0, 0.05) is 68.4 Å². The van der Waals surface area contributed by atoms with Crippen LogP contribution in [-0.2, 0) is 0 Å². The lowest BCUT2D eigenvalue weighted by molar-refractivity contribution is 0.631. The molecule has 0 fully saturated rings. The summed E-state index contributed by atoms with van der Waals surface area (Å²) in [5.74, 6) is 0.885. The molecule has 0 amide bonds. The molecule has 0 spiro atoms. The number of anilines is 3. The van der Waals surface area contributed by atoms with Gasteiger partial charge in [0.2, 0.25) is 0 Å². The van der Waals surface area contributed by atoms with E-state index in [1.54, 1.807) is 0 Å². The minimum absolute atomic E-state index is 0.885. The van der Waals surface area contributed by atoms with Gasteiger partial charge < -0.3 is 9.32 Å². The molecule has 0 radical (unpaired) electrons. The van der Waals surface area contributed by atoms with Gasteiger partial charge in [-0.2, -0.15) is 0 Å². The molecule has 0 aliphatic rings. The summed E-state index contributed by atoms with van der Waals surface area (Å²) < 4.78 is 11.4. The summed E-state index contributed by atoms with van der Waals surface area (Å²) in [5.41, 5.74) is 7.68. The van der Waals surface area contributed by atoms with Crippen molar-refractivity contribution in [2.45, 2.75) is 0 Å². The number of para-hydroxylation sites is 1. The van der Waals surface area contributed by atoms with Crippen LogP contribution in [0.1, 0.15) is 0 Å². The number of furan rings is 1. The van der Waals surface area contributed by atoms with Gasteiger partial charge in [-0.1, -0.05) is 103 Å². The van der Waals surface area contributed by atoms with Gasteiger partial charge in [-0.05, 0) is 118 Å². The molecule has 3 heterocycles. The van der Waals surface area contributed by atoms with E-state index in [0.717, 1.165) is 39.4 Å². The maximum atomic E-state index is 6.14. The zero-order valence-corrected chi connectivity index (χ0v) is 31.7. The minimum atomic E-state index is 0.885. The van der Waals surface area contributed by atoms with Crippen LogP contribution < -0.4 is 4.90 Å². The highest BCUT2D eigenvalue weighted by Crippen LogP contribution is 2.43. The van der Waals surface area contributed by atoms with Crippen LogP contribution in [0, 0.1) is 0 Å². The first kappa shape index (κ1) is 31.6. The number of nitrogens with zero attached hydrogens (tertiary/aromatic N) is 1. The second kappa shape index (κ2) is 12.4. The van der Waals surface area contributed by atoms with Crippen LogP contribution in [0.4, 0.5) is 17.1 Å². The highest BCUT2D eigenvalue weighted by molar-refractivity contribution is 7.26. The van der Waals surface area contributed by atoms with Crippen LogP contribution in [-0.4, -0.2) is 0 Å². The van der Waals surface area contributed by atoms with Gasteiger partial charge in [0.1, 0.15) is 11.3 Å². The number of rotatable bonds is 5. The monoisotopic (exact) mass is 749 g/mol. The van der Waals surface area contributed by atoms with E-state index in [-0.39, 0.29) is 0 Å². The third kappa shape index (κ3) is 5.15. The highest BCUT2D eigenvalue weighted by Gasteiger charge is 2.17. The molecule has 0 unspecified atom stereocenters. The standard InChI is InChI=1S/C52H31NOS2/c1-4-10-47-37(7-1)29-48(54-47)34-15-13-32(14-16-34)33-17-21-40(22-18-33)53(41-23-19-35-27-45-43-8-2-5-11-49(43)55-51(45)30-38(35)25-41)42-24-20-36-28-46-44-9-3-6-12-50(44)56-52(46)31-39(36)26-42/h1-31H. The molecule has 0 saturated carbocycles. The average molecular weight is 750 g/mol. The largest absolute Gasteiger partial charge is 0.456 e. The van der Waals surface area contributed by atoms with Crippen molar-refractivity contribution < 1.29 is 4.42 Å².